The van der Waals surface area contributed by atoms with E-state index in [0.29, 0.717) is 5.92 Å². The van der Waals surface area contributed by atoms with Gasteiger partial charge in [0.1, 0.15) is 23.6 Å². The maximum Gasteiger partial charge on any atom is 0.295 e. The molecule has 0 spiro atoms. The van der Waals surface area contributed by atoms with Crippen molar-refractivity contribution in [1.29, 1.82) is 0 Å². The Morgan fingerprint density at radius 2 is 1.74 bits per heavy atom. The van der Waals surface area contributed by atoms with Crippen molar-refractivity contribution in [3.05, 3.63) is 83.2 Å². The summed E-state index contributed by atoms with van der Waals surface area (Å²) >= 11 is 0. The molecule has 2 aromatic carbocycles. The molecular formula is C29H35N2+. The minimum absolute atomic E-state index is 0.0207. The first-order valence-electron chi connectivity index (χ1n) is 12.0. The van der Waals surface area contributed by atoms with Crippen LogP contribution in [0.4, 0.5) is 0 Å². The third-order valence-electron chi connectivity index (χ3n) is 8.47. The van der Waals surface area contributed by atoms with E-state index in [1.165, 1.54) is 39.3 Å². The van der Waals surface area contributed by atoms with Crippen LogP contribution in [0.3, 0.4) is 0 Å². The van der Waals surface area contributed by atoms with Gasteiger partial charge < -0.3 is 0 Å². The Kier molecular flexibility index (Phi) is 4.55. The second-order valence-electron chi connectivity index (χ2n) is 9.60. The molecule has 0 fully saturated rings. The molecule has 3 aromatic rings. The topological polar surface area (TPSA) is 8.81 Å². The Balaban J connectivity index is 1.84. The lowest BCUT2D eigenvalue weighted by Crippen LogP contribution is -2.71. The number of nitrogens with zero attached hydrogens (tertiary/aromatic N) is 2. The van der Waals surface area contributed by atoms with E-state index in [9.17, 15) is 0 Å². The number of fused-ring (bicyclic) bond motifs is 6. The Bertz CT molecular complexity index is 1200. The summed E-state index contributed by atoms with van der Waals surface area (Å²) in [5.41, 5.74) is 8.52. The monoisotopic (exact) mass is 411 g/mol. The van der Waals surface area contributed by atoms with Gasteiger partial charge in [0.15, 0.2) is 0 Å². The maximum absolute atomic E-state index is 2.58. The molecule has 0 saturated carbocycles. The average molecular weight is 412 g/mol. The molecule has 2 nitrogen and oxygen atoms in total. The minimum Gasteiger partial charge on any atom is -0.219 e. The highest BCUT2D eigenvalue weighted by atomic mass is 15.2. The molecule has 2 heteroatoms. The summed E-state index contributed by atoms with van der Waals surface area (Å²) in [5.74, 6) is 1.88. The van der Waals surface area contributed by atoms with E-state index < -0.39 is 0 Å². The zero-order chi connectivity index (χ0) is 22.0. The van der Waals surface area contributed by atoms with Gasteiger partial charge >= 0.3 is 0 Å². The SMILES string of the molecule is CCC(C)c1ccc(C)c(-n2cc[n+]3c2-c2ccccc2C2(CC)C=CC32CC)c1C. The first kappa shape index (κ1) is 20.3. The zero-order valence-electron chi connectivity index (χ0n) is 19.9. The summed E-state index contributed by atoms with van der Waals surface area (Å²) in [6.45, 7) is 13.9. The fourth-order valence-corrected chi connectivity index (χ4v) is 6.51. The molecule has 0 saturated heterocycles. The van der Waals surface area contributed by atoms with Crippen molar-refractivity contribution >= 4 is 0 Å². The highest BCUT2D eigenvalue weighted by Gasteiger charge is 2.62. The molecule has 160 valence electrons. The van der Waals surface area contributed by atoms with Gasteiger partial charge in [0.2, 0.25) is 0 Å². The van der Waals surface area contributed by atoms with Crippen LogP contribution in [0, 0.1) is 13.8 Å². The van der Waals surface area contributed by atoms with Crippen LogP contribution in [-0.2, 0) is 11.0 Å². The quantitative estimate of drug-likeness (QED) is 0.319. The van der Waals surface area contributed by atoms with Crippen molar-refractivity contribution in [2.24, 2.45) is 0 Å². The molecule has 5 rings (SSSR count). The van der Waals surface area contributed by atoms with Gasteiger partial charge in [-0.15, -0.1) is 0 Å². The van der Waals surface area contributed by atoms with Crippen LogP contribution in [-0.4, -0.2) is 4.57 Å². The van der Waals surface area contributed by atoms with E-state index in [4.69, 9.17) is 0 Å². The summed E-state index contributed by atoms with van der Waals surface area (Å²) in [4.78, 5) is 0. The van der Waals surface area contributed by atoms with Gasteiger partial charge in [-0.05, 0) is 73.4 Å². The predicted octanol–water partition coefficient (Wildman–Crippen LogP) is 6.90. The van der Waals surface area contributed by atoms with Crippen LogP contribution < -0.4 is 4.57 Å². The fourth-order valence-electron chi connectivity index (χ4n) is 6.51. The Labute approximate surface area is 187 Å². The molecule has 0 amide bonds. The number of hydrogen-bond donors (Lipinski definition) is 0. The van der Waals surface area contributed by atoms with Crippen LogP contribution in [0.2, 0.25) is 0 Å². The zero-order valence-corrected chi connectivity index (χ0v) is 19.9. The molecule has 1 aliphatic heterocycles. The molecule has 31 heavy (non-hydrogen) atoms. The molecule has 3 unspecified atom stereocenters. The molecule has 1 aromatic heterocycles. The second kappa shape index (κ2) is 6.95. The van der Waals surface area contributed by atoms with Gasteiger partial charge in [-0.3, -0.25) is 0 Å². The van der Waals surface area contributed by atoms with E-state index in [1.54, 1.807) is 0 Å². The summed E-state index contributed by atoms with van der Waals surface area (Å²) in [7, 11) is 0. The minimum atomic E-state index is 0.0207. The largest absolute Gasteiger partial charge is 0.295 e. The van der Waals surface area contributed by atoms with Crippen molar-refractivity contribution in [2.75, 3.05) is 0 Å². The van der Waals surface area contributed by atoms with Gasteiger partial charge in [0.25, 0.3) is 5.82 Å². The molecule has 0 bridgehead atoms. The van der Waals surface area contributed by atoms with Gasteiger partial charge in [-0.25, -0.2) is 4.57 Å². The fraction of sp³-hybridized carbons (Fsp3) is 0.414. The highest BCUT2D eigenvalue weighted by molar-refractivity contribution is 5.69. The number of aryl methyl sites for hydroxylation is 1. The van der Waals surface area contributed by atoms with E-state index in [1.807, 2.05) is 0 Å². The van der Waals surface area contributed by atoms with E-state index in [0.717, 1.165) is 19.3 Å². The molecule has 0 radical (unpaired) electrons. The second-order valence-corrected chi connectivity index (χ2v) is 9.60. The maximum atomic E-state index is 2.58. The summed E-state index contributed by atoms with van der Waals surface area (Å²) in [6, 6.07) is 13.7. The smallest absolute Gasteiger partial charge is 0.219 e. The molecule has 0 N–H and O–H groups in total. The Morgan fingerprint density at radius 3 is 2.39 bits per heavy atom. The predicted molar refractivity (Wildman–Crippen MR) is 129 cm³/mol. The molecule has 3 atom stereocenters. The third-order valence-corrected chi connectivity index (χ3v) is 8.47. The summed E-state index contributed by atoms with van der Waals surface area (Å²) in [5, 5.41) is 0. The summed E-state index contributed by atoms with van der Waals surface area (Å²) in [6.07, 6.45) is 12.9. The highest BCUT2D eigenvalue weighted by Crippen LogP contribution is 2.57. The van der Waals surface area contributed by atoms with Crippen molar-refractivity contribution < 1.29 is 4.57 Å². The number of imidazole rings is 1. The summed E-state index contributed by atoms with van der Waals surface area (Å²) < 4.78 is 5.05. The van der Waals surface area contributed by atoms with Gasteiger partial charge in [-0.1, -0.05) is 64.1 Å². The van der Waals surface area contributed by atoms with Gasteiger partial charge in [-0.2, -0.15) is 4.57 Å². The number of aromatic nitrogens is 2. The van der Waals surface area contributed by atoms with Crippen LogP contribution >= 0.6 is 0 Å². The average Bonchev–Trinajstić information content (AvgIpc) is 3.19. The van der Waals surface area contributed by atoms with E-state index in [-0.39, 0.29) is 11.0 Å². The van der Waals surface area contributed by atoms with Crippen LogP contribution in [0.15, 0.2) is 60.9 Å². The van der Waals surface area contributed by atoms with Crippen LogP contribution in [0.5, 0.6) is 0 Å². The van der Waals surface area contributed by atoms with Crippen LogP contribution in [0.25, 0.3) is 17.1 Å². The first-order chi connectivity index (χ1) is 15.0. The number of rotatable bonds is 5. The van der Waals surface area contributed by atoms with Gasteiger partial charge in [0, 0.05) is 0 Å². The number of benzene rings is 2. The molecule has 2 heterocycles. The normalized spacial score (nSPS) is 24.2. The van der Waals surface area contributed by atoms with Gasteiger partial charge in [0.05, 0.1) is 11.0 Å². The standard InChI is InChI=1S/C29H35N2/c1-7-20(4)23-15-14-21(5)26(22(23)6)30-18-19-31-27(30)24-12-10-11-13-25(24)28(8-2)16-17-29(28,31)9-3/h10-20H,7-9H2,1-6H3/q+1. The van der Waals surface area contributed by atoms with E-state index >= 15 is 0 Å². The molecule has 2 aliphatic rings. The number of allylic oxidation sites excluding steroid dienone is 2. The lowest BCUT2D eigenvalue weighted by atomic mass is 9.53. The Morgan fingerprint density at radius 1 is 0.968 bits per heavy atom. The van der Waals surface area contributed by atoms with Crippen molar-refractivity contribution in [3.8, 4) is 17.1 Å². The van der Waals surface area contributed by atoms with E-state index in [2.05, 4.69) is 112 Å². The first-order valence-corrected chi connectivity index (χ1v) is 12.0. The van der Waals surface area contributed by atoms with Crippen molar-refractivity contribution in [2.45, 2.75) is 77.7 Å². The van der Waals surface area contributed by atoms with Crippen LogP contribution in [0.1, 0.15) is 75.1 Å². The van der Waals surface area contributed by atoms with Crippen molar-refractivity contribution in [1.82, 2.24) is 4.57 Å². The lowest BCUT2D eigenvalue weighted by Gasteiger charge is -2.54. The number of hydrogen-bond acceptors (Lipinski definition) is 0. The lowest BCUT2D eigenvalue weighted by molar-refractivity contribution is -0.758. The third kappa shape index (κ3) is 2.37. The Hall–Kier alpha value is -2.61. The van der Waals surface area contributed by atoms with Crippen molar-refractivity contribution in [3.63, 3.8) is 0 Å². The molecular weight excluding hydrogens is 376 g/mol. The molecule has 1 aliphatic carbocycles.